The third kappa shape index (κ3) is 4.77. The Labute approximate surface area is 171 Å². The zero-order chi connectivity index (χ0) is 20.1. The summed E-state index contributed by atoms with van der Waals surface area (Å²) >= 11 is 0. The van der Waals surface area contributed by atoms with Gasteiger partial charge >= 0.3 is 6.03 Å². The number of aryl methyl sites for hydroxylation is 1. The number of urea groups is 1. The van der Waals surface area contributed by atoms with Gasteiger partial charge in [0.25, 0.3) is 0 Å². The van der Waals surface area contributed by atoms with Gasteiger partial charge in [-0.1, -0.05) is 24.3 Å². The van der Waals surface area contributed by atoms with Gasteiger partial charge in [0.2, 0.25) is 0 Å². The quantitative estimate of drug-likeness (QED) is 0.729. The predicted molar refractivity (Wildman–Crippen MR) is 116 cm³/mol. The fourth-order valence-electron chi connectivity index (χ4n) is 3.65. The molecular formula is C23H27N5O. The number of hydrogen-bond acceptors (Lipinski definition) is 3. The zero-order valence-corrected chi connectivity index (χ0v) is 16.8. The van der Waals surface area contributed by atoms with Crippen LogP contribution in [0.4, 0.5) is 10.5 Å². The third-order valence-corrected chi connectivity index (χ3v) is 5.33. The highest BCUT2D eigenvalue weighted by atomic mass is 16.2. The summed E-state index contributed by atoms with van der Waals surface area (Å²) in [5, 5.41) is 7.29. The van der Waals surface area contributed by atoms with Crippen LogP contribution in [0.25, 0.3) is 5.69 Å². The van der Waals surface area contributed by atoms with Crippen molar-refractivity contribution in [1.29, 1.82) is 0 Å². The molecule has 1 N–H and O–H groups in total. The van der Waals surface area contributed by atoms with Crippen molar-refractivity contribution in [2.24, 2.45) is 0 Å². The van der Waals surface area contributed by atoms with Crippen molar-refractivity contribution in [3.8, 4) is 5.69 Å². The second kappa shape index (κ2) is 8.82. The first kappa shape index (κ1) is 19.1. The molecule has 0 aliphatic carbocycles. The van der Waals surface area contributed by atoms with Gasteiger partial charge in [-0.2, -0.15) is 5.10 Å². The van der Waals surface area contributed by atoms with Crippen molar-refractivity contribution < 1.29 is 4.79 Å². The lowest BCUT2D eigenvalue weighted by Gasteiger charge is -2.36. The van der Waals surface area contributed by atoms with Gasteiger partial charge < -0.3 is 15.1 Å². The largest absolute Gasteiger partial charge is 0.368 e. The van der Waals surface area contributed by atoms with Gasteiger partial charge in [0.15, 0.2) is 0 Å². The molecule has 1 aliphatic rings. The van der Waals surface area contributed by atoms with Gasteiger partial charge in [-0.25, -0.2) is 9.48 Å². The van der Waals surface area contributed by atoms with Crippen LogP contribution in [-0.2, 0) is 6.42 Å². The van der Waals surface area contributed by atoms with E-state index >= 15 is 0 Å². The second-order valence-electron chi connectivity index (χ2n) is 7.41. The minimum atomic E-state index is 0.0297. The van der Waals surface area contributed by atoms with E-state index in [1.165, 1.54) is 16.8 Å². The van der Waals surface area contributed by atoms with Gasteiger partial charge in [0, 0.05) is 50.8 Å². The molecule has 1 saturated heterocycles. The molecular weight excluding hydrogens is 362 g/mol. The highest BCUT2D eigenvalue weighted by Crippen LogP contribution is 2.17. The Balaban J connectivity index is 1.21. The molecule has 0 bridgehead atoms. The van der Waals surface area contributed by atoms with E-state index in [1.54, 1.807) is 6.20 Å². The Morgan fingerprint density at radius 2 is 1.79 bits per heavy atom. The maximum atomic E-state index is 12.5. The van der Waals surface area contributed by atoms with Crippen LogP contribution in [0.15, 0.2) is 67.0 Å². The number of rotatable bonds is 5. The fourth-order valence-corrected chi connectivity index (χ4v) is 3.65. The molecule has 6 heteroatoms. The smallest absolute Gasteiger partial charge is 0.317 e. The van der Waals surface area contributed by atoms with E-state index in [1.807, 2.05) is 21.8 Å². The summed E-state index contributed by atoms with van der Waals surface area (Å²) in [4.78, 5) is 16.7. The lowest BCUT2D eigenvalue weighted by atomic mass is 10.1. The SMILES string of the molecule is Cc1cccc(N2CCN(C(=O)NCCc3ccc(-n4cccn4)cc3)CC2)c1. The molecule has 0 atom stereocenters. The minimum absolute atomic E-state index is 0.0297. The molecule has 6 nitrogen and oxygen atoms in total. The average Bonchev–Trinajstić information content (AvgIpc) is 3.29. The topological polar surface area (TPSA) is 53.4 Å². The summed E-state index contributed by atoms with van der Waals surface area (Å²) in [6.07, 6.45) is 4.51. The van der Waals surface area contributed by atoms with Crippen LogP contribution < -0.4 is 10.2 Å². The number of nitrogens with one attached hydrogen (secondary N) is 1. The summed E-state index contributed by atoms with van der Waals surface area (Å²) in [7, 11) is 0. The molecule has 2 heterocycles. The molecule has 1 fully saturated rings. The van der Waals surface area contributed by atoms with Crippen molar-refractivity contribution in [1.82, 2.24) is 20.0 Å². The lowest BCUT2D eigenvalue weighted by molar-refractivity contribution is 0.194. The maximum absolute atomic E-state index is 12.5. The number of hydrogen-bond donors (Lipinski definition) is 1. The molecule has 4 rings (SSSR count). The van der Waals surface area contributed by atoms with Gasteiger partial charge in [-0.05, 0) is 54.8 Å². The number of aromatic nitrogens is 2. The van der Waals surface area contributed by atoms with Gasteiger partial charge in [0.1, 0.15) is 0 Å². The maximum Gasteiger partial charge on any atom is 0.317 e. The number of nitrogens with zero attached hydrogens (tertiary/aromatic N) is 4. The Kier molecular flexibility index (Phi) is 5.79. The van der Waals surface area contributed by atoms with Crippen LogP contribution in [0.3, 0.4) is 0 Å². The zero-order valence-electron chi connectivity index (χ0n) is 16.8. The van der Waals surface area contributed by atoms with Crippen molar-refractivity contribution in [3.05, 3.63) is 78.1 Å². The number of carbonyl (C=O) groups is 1. The molecule has 2 amide bonds. The Morgan fingerprint density at radius 3 is 2.48 bits per heavy atom. The highest BCUT2D eigenvalue weighted by molar-refractivity contribution is 5.74. The van der Waals surface area contributed by atoms with Crippen molar-refractivity contribution in [2.75, 3.05) is 37.6 Å². The van der Waals surface area contributed by atoms with Crippen LogP contribution in [0.2, 0.25) is 0 Å². The molecule has 1 aromatic heterocycles. The Hall–Kier alpha value is -3.28. The van der Waals surface area contributed by atoms with E-state index < -0.39 is 0 Å². The fraction of sp³-hybridized carbons (Fsp3) is 0.304. The average molecular weight is 390 g/mol. The summed E-state index contributed by atoms with van der Waals surface area (Å²) in [6.45, 7) is 5.98. The van der Waals surface area contributed by atoms with Crippen molar-refractivity contribution >= 4 is 11.7 Å². The van der Waals surface area contributed by atoms with Gasteiger partial charge in [-0.15, -0.1) is 0 Å². The first-order valence-corrected chi connectivity index (χ1v) is 10.1. The van der Waals surface area contributed by atoms with Crippen LogP contribution in [0.1, 0.15) is 11.1 Å². The number of benzene rings is 2. The normalized spacial score (nSPS) is 14.1. The van der Waals surface area contributed by atoms with Crippen LogP contribution >= 0.6 is 0 Å². The third-order valence-electron chi connectivity index (χ3n) is 5.33. The molecule has 3 aromatic rings. The molecule has 1 aliphatic heterocycles. The number of carbonyl (C=O) groups excluding carboxylic acids is 1. The molecule has 2 aromatic carbocycles. The number of piperazine rings is 1. The van der Waals surface area contributed by atoms with E-state index in [0.717, 1.165) is 38.3 Å². The molecule has 0 spiro atoms. The van der Waals surface area contributed by atoms with Gasteiger partial charge in [0.05, 0.1) is 5.69 Å². The van der Waals surface area contributed by atoms with Crippen LogP contribution in [0, 0.1) is 6.92 Å². The van der Waals surface area contributed by atoms with Crippen LogP contribution in [0.5, 0.6) is 0 Å². The van der Waals surface area contributed by atoms with E-state index in [2.05, 4.69) is 70.8 Å². The second-order valence-corrected chi connectivity index (χ2v) is 7.41. The van der Waals surface area contributed by atoms with E-state index in [-0.39, 0.29) is 6.03 Å². The number of amides is 2. The van der Waals surface area contributed by atoms with E-state index in [0.29, 0.717) is 6.54 Å². The molecule has 0 saturated carbocycles. The molecule has 29 heavy (non-hydrogen) atoms. The predicted octanol–water partition coefficient (Wildman–Crippen LogP) is 3.26. The Bertz CT molecular complexity index is 928. The molecule has 0 radical (unpaired) electrons. The van der Waals surface area contributed by atoms with E-state index in [4.69, 9.17) is 0 Å². The number of anilines is 1. The van der Waals surface area contributed by atoms with Gasteiger partial charge in [-0.3, -0.25) is 0 Å². The van der Waals surface area contributed by atoms with Crippen molar-refractivity contribution in [3.63, 3.8) is 0 Å². The summed E-state index contributed by atoms with van der Waals surface area (Å²) in [6, 6.07) is 18.8. The summed E-state index contributed by atoms with van der Waals surface area (Å²) in [5.74, 6) is 0. The first-order chi connectivity index (χ1) is 14.2. The first-order valence-electron chi connectivity index (χ1n) is 10.1. The van der Waals surface area contributed by atoms with E-state index in [9.17, 15) is 4.79 Å². The molecule has 150 valence electrons. The monoisotopic (exact) mass is 389 g/mol. The van der Waals surface area contributed by atoms with Crippen molar-refractivity contribution in [2.45, 2.75) is 13.3 Å². The minimum Gasteiger partial charge on any atom is -0.368 e. The Morgan fingerprint density at radius 1 is 1.00 bits per heavy atom. The van der Waals surface area contributed by atoms with Crippen LogP contribution in [-0.4, -0.2) is 53.4 Å². The summed E-state index contributed by atoms with van der Waals surface area (Å²) < 4.78 is 1.84. The summed E-state index contributed by atoms with van der Waals surface area (Å²) in [5.41, 5.74) is 4.74. The highest BCUT2D eigenvalue weighted by Gasteiger charge is 2.21. The standard InChI is InChI=1S/C23H27N5O/c1-19-4-2-5-22(18-19)26-14-16-27(17-15-26)23(29)24-12-10-20-6-8-21(9-7-20)28-13-3-11-25-28/h2-9,11,13,18H,10,12,14-17H2,1H3,(H,24,29). The lowest BCUT2D eigenvalue weighted by Crippen LogP contribution is -2.52. The molecule has 0 unspecified atom stereocenters.